The van der Waals surface area contributed by atoms with E-state index in [2.05, 4.69) is 20.1 Å². The highest BCUT2D eigenvalue weighted by atomic mass is 35.5. The summed E-state index contributed by atoms with van der Waals surface area (Å²) in [6.45, 7) is 4.78. The minimum atomic E-state index is -0.309. The van der Waals surface area contributed by atoms with E-state index in [0.717, 1.165) is 36.8 Å². The molecule has 0 aromatic carbocycles. The van der Waals surface area contributed by atoms with E-state index in [4.69, 9.17) is 16.3 Å². The van der Waals surface area contributed by atoms with Crippen molar-refractivity contribution in [3.63, 3.8) is 0 Å². The van der Waals surface area contributed by atoms with Crippen molar-refractivity contribution in [1.82, 2.24) is 20.1 Å². The van der Waals surface area contributed by atoms with E-state index in [0.29, 0.717) is 16.5 Å². The number of aromatic amines is 1. The number of aromatic nitrogens is 3. The molecule has 22 heavy (non-hydrogen) atoms. The molecule has 1 unspecified atom stereocenters. The van der Waals surface area contributed by atoms with Crippen molar-refractivity contribution in [2.24, 2.45) is 0 Å². The molecule has 8 heteroatoms. The van der Waals surface area contributed by atoms with Crippen LogP contribution in [0, 0.1) is 0 Å². The van der Waals surface area contributed by atoms with Gasteiger partial charge in [0.1, 0.15) is 14.9 Å². The summed E-state index contributed by atoms with van der Waals surface area (Å²) in [7, 11) is 0. The molecule has 1 N–H and O–H groups in total. The average Bonchev–Trinajstić information content (AvgIpc) is 3.20. The van der Waals surface area contributed by atoms with Crippen LogP contribution < -0.4 is 0 Å². The Bertz CT molecular complexity index is 657. The lowest BCUT2D eigenvalue weighted by atomic mass is 10.0. The molecule has 0 aliphatic carbocycles. The fourth-order valence-electron chi connectivity index (χ4n) is 2.74. The van der Waals surface area contributed by atoms with Crippen molar-refractivity contribution < 1.29 is 9.53 Å². The van der Waals surface area contributed by atoms with Crippen LogP contribution in [0.4, 0.5) is 0 Å². The number of rotatable bonds is 5. The number of ether oxygens (including phenoxy) is 1. The number of hydrogen-bond acceptors (Lipinski definition) is 6. The van der Waals surface area contributed by atoms with E-state index in [1.54, 1.807) is 19.3 Å². The number of hydrogen-bond donors (Lipinski definition) is 1. The van der Waals surface area contributed by atoms with Crippen LogP contribution in [-0.4, -0.2) is 45.7 Å². The third-order valence-corrected chi connectivity index (χ3v) is 4.83. The van der Waals surface area contributed by atoms with Crippen molar-refractivity contribution in [2.75, 3.05) is 19.7 Å². The molecule has 6 nitrogen and oxygen atoms in total. The van der Waals surface area contributed by atoms with Gasteiger partial charge in [0.2, 0.25) is 0 Å². The van der Waals surface area contributed by atoms with Gasteiger partial charge < -0.3 is 4.74 Å². The largest absolute Gasteiger partial charge is 0.462 e. The molecule has 0 bridgehead atoms. The highest BCUT2D eigenvalue weighted by Gasteiger charge is 2.29. The Kier molecular flexibility index (Phi) is 4.75. The smallest absolute Gasteiger partial charge is 0.341 e. The van der Waals surface area contributed by atoms with Crippen LogP contribution in [0.5, 0.6) is 0 Å². The predicted octanol–water partition coefficient (Wildman–Crippen LogP) is 2.69. The second-order valence-corrected chi connectivity index (χ2v) is 6.94. The Hall–Kier alpha value is -1.44. The van der Waals surface area contributed by atoms with Gasteiger partial charge in [-0.25, -0.2) is 9.78 Å². The monoisotopic (exact) mass is 340 g/mol. The molecule has 0 amide bonds. The Balaban J connectivity index is 1.65. The highest BCUT2D eigenvalue weighted by Crippen LogP contribution is 2.30. The first-order valence-electron chi connectivity index (χ1n) is 7.20. The van der Waals surface area contributed by atoms with Crippen LogP contribution in [0.25, 0.3) is 0 Å². The van der Waals surface area contributed by atoms with Crippen LogP contribution in [0.1, 0.15) is 40.3 Å². The first-order valence-corrected chi connectivity index (χ1v) is 8.39. The zero-order chi connectivity index (χ0) is 15.5. The highest BCUT2D eigenvalue weighted by molar-refractivity contribution is 7.15. The summed E-state index contributed by atoms with van der Waals surface area (Å²) in [6.07, 6.45) is 4.22. The molecule has 1 aliphatic heterocycles. The Morgan fingerprint density at radius 1 is 1.59 bits per heavy atom. The summed E-state index contributed by atoms with van der Waals surface area (Å²) in [4.78, 5) is 18.5. The first-order chi connectivity index (χ1) is 10.7. The van der Waals surface area contributed by atoms with Gasteiger partial charge >= 0.3 is 5.97 Å². The molecule has 1 saturated heterocycles. The summed E-state index contributed by atoms with van der Waals surface area (Å²) in [5.41, 5.74) is 1.42. The quantitative estimate of drug-likeness (QED) is 0.847. The summed E-state index contributed by atoms with van der Waals surface area (Å²) in [6, 6.07) is 0. The van der Waals surface area contributed by atoms with Crippen molar-refractivity contribution in [3.05, 3.63) is 33.0 Å². The van der Waals surface area contributed by atoms with Crippen LogP contribution >= 0.6 is 22.9 Å². The van der Waals surface area contributed by atoms with Gasteiger partial charge in [0.25, 0.3) is 0 Å². The first kappa shape index (κ1) is 15.5. The van der Waals surface area contributed by atoms with E-state index >= 15 is 0 Å². The lowest BCUT2D eigenvalue weighted by molar-refractivity contribution is 0.0524. The summed E-state index contributed by atoms with van der Waals surface area (Å²) in [5, 5.41) is 7.99. The normalized spacial score (nSPS) is 18.7. The summed E-state index contributed by atoms with van der Waals surface area (Å²) >= 11 is 7.42. The molecule has 1 atom stereocenters. The fourth-order valence-corrected chi connectivity index (χ4v) is 3.74. The number of likely N-dealkylation sites (tertiary alicyclic amines) is 1. The van der Waals surface area contributed by atoms with Gasteiger partial charge in [-0.05, 0) is 19.9 Å². The SMILES string of the molecule is CCOC(=O)c1cn[nH]c1C1CCN(Cc2ncc(Cl)s2)C1. The maximum Gasteiger partial charge on any atom is 0.341 e. The van der Waals surface area contributed by atoms with Gasteiger partial charge in [-0.3, -0.25) is 10.00 Å². The lowest BCUT2D eigenvalue weighted by Crippen LogP contribution is -2.20. The minimum absolute atomic E-state index is 0.261. The standard InChI is InChI=1S/C14H17ClN4O2S/c1-2-21-14(20)10-5-17-18-13(10)9-3-4-19(7-9)8-12-16-6-11(15)22-12/h5-6,9H,2-4,7-8H2,1H3,(H,17,18). The van der Waals surface area contributed by atoms with Gasteiger partial charge in [0.15, 0.2) is 0 Å². The number of nitrogens with zero attached hydrogens (tertiary/aromatic N) is 3. The molecule has 2 aromatic heterocycles. The minimum Gasteiger partial charge on any atom is -0.462 e. The fraction of sp³-hybridized carbons (Fsp3) is 0.500. The Morgan fingerprint density at radius 2 is 2.45 bits per heavy atom. The third kappa shape index (κ3) is 3.31. The topological polar surface area (TPSA) is 71.1 Å². The summed E-state index contributed by atoms with van der Waals surface area (Å²) < 4.78 is 5.79. The van der Waals surface area contributed by atoms with E-state index in [1.165, 1.54) is 11.3 Å². The lowest BCUT2D eigenvalue weighted by Gasteiger charge is -2.14. The molecule has 0 spiro atoms. The van der Waals surface area contributed by atoms with Crippen LogP contribution in [0.2, 0.25) is 4.34 Å². The van der Waals surface area contributed by atoms with E-state index < -0.39 is 0 Å². The maximum atomic E-state index is 11.9. The molecule has 0 saturated carbocycles. The van der Waals surface area contributed by atoms with Crippen molar-refractivity contribution in [2.45, 2.75) is 25.8 Å². The molecule has 1 fully saturated rings. The number of halogens is 1. The Labute approximate surface area is 137 Å². The Morgan fingerprint density at radius 3 is 3.18 bits per heavy atom. The molecule has 3 heterocycles. The molecular weight excluding hydrogens is 324 g/mol. The molecule has 1 aliphatic rings. The van der Waals surface area contributed by atoms with E-state index in [-0.39, 0.29) is 11.9 Å². The second kappa shape index (κ2) is 6.76. The second-order valence-electron chi connectivity index (χ2n) is 5.20. The summed E-state index contributed by atoms with van der Waals surface area (Å²) in [5.74, 6) is -0.0475. The van der Waals surface area contributed by atoms with Crippen molar-refractivity contribution >= 4 is 28.9 Å². The predicted molar refractivity (Wildman–Crippen MR) is 84.3 cm³/mol. The van der Waals surface area contributed by atoms with Crippen LogP contribution in [0.15, 0.2) is 12.4 Å². The molecular formula is C14H17ClN4O2S. The number of H-pyrrole nitrogens is 1. The third-order valence-electron chi connectivity index (χ3n) is 3.73. The average molecular weight is 341 g/mol. The molecule has 2 aromatic rings. The molecule has 3 rings (SSSR count). The number of nitrogens with one attached hydrogen (secondary N) is 1. The van der Waals surface area contributed by atoms with Gasteiger partial charge in [0, 0.05) is 12.5 Å². The molecule has 118 valence electrons. The number of thiazole rings is 1. The van der Waals surface area contributed by atoms with Gasteiger partial charge in [-0.2, -0.15) is 5.10 Å². The molecule has 0 radical (unpaired) electrons. The number of carbonyl (C=O) groups is 1. The zero-order valence-corrected chi connectivity index (χ0v) is 13.8. The number of esters is 1. The van der Waals surface area contributed by atoms with E-state index in [9.17, 15) is 4.79 Å². The van der Waals surface area contributed by atoms with Crippen LogP contribution in [-0.2, 0) is 11.3 Å². The maximum absolute atomic E-state index is 11.9. The zero-order valence-electron chi connectivity index (χ0n) is 12.2. The van der Waals surface area contributed by atoms with Crippen LogP contribution in [0.3, 0.4) is 0 Å². The van der Waals surface area contributed by atoms with E-state index in [1.807, 2.05) is 0 Å². The van der Waals surface area contributed by atoms with Gasteiger partial charge in [-0.1, -0.05) is 11.6 Å². The van der Waals surface area contributed by atoms with Crippen molar-refractivity contribution in [3.8, 4) is 0 Å². The number of carbonyl (C=O) groups excluding carboxylic acids is 1. The van der Waals surface area contributed by atoms with Gasteiger partial charge in [-0.15, -0.1) is 11.3 Å². The van der Waals surface area contributed by atoms with Crippen molar-refractivity contribution in [1.29, 1.82) is 0 Å². The van der Waals surface area contributed by atoms with Gasteiger partial charge in [0.05, 0.1) is 31.2 Å².